The molecule has 1 aliphatic heterocycles. The molecule has 0 aliphatic carbocycles. The number of carbonyl (C=O) groups is 1. The van der Waals surface area contributed by atoms with Gasteiger partial charge in [0.2, 0.25) is 11.9 Å². The van der Waals surface area contributed by atoms with E-state index in [1.54, 1.807) is 18.3 Å². The van der Waals surface area contributed by atoms with Gasteiger partial charge in [0.1, 0.15) is 6.10 Å². The molecule has 26 heavy (non-hydrogen) atoms. The first kappa shape index (κ1) is 18.3. The molecule has 1 aliphatic rings. The first-order chi connectivity index (χ1) is 12.5. The van der Waals surface area contributed by atoms with E-state index in [9.17, 15) is 4.79 Å². The maximum absolute atomic E-state index is 11.5. The number of hydrogen-bond acceptors (Lipinski definition) is 6. The SMILES string of the molecule is CCN1CCO[C@H](c2nc(N(C)C)ncc2-c2cccc(C(N)=O)c2)C1. The van der Waals surface area contributed by atoms with Gasteiger partial charge in [-0.2, -0.15) is 0 Å². The lowest BCUT2D eigenvalue weighted by Gasteiger charge is -2.32. The van der Waals surface area contributed by atoms with Gasteiger partial charge in [-0.05, 0) is 24.2 Å². The van der Waals surface area contributed by atoms with Gasteiger partial charge >= 0.3 is 0 Å². The molecule has 7 nitrogen and oxygen atoms in total. The fraction of sp³-hybridized carbons (Fsp3) is 0.421. The van der Waals surface area contributed by atoms with Gasteiger partial charge < -0.3 is 15.4 Å². The van der Waals surface area contributed by atoms with E-state index in [-0.39, 0.29) is 6.10 Å². The average molecular weight is 355 g/mol. The molecule has 0 bridgehead atoms. The van der Waals surface area contributed by atoms with Crippen molar-refractivity contribution in [2.75, 3.05) is 45.2 Å². The number of morpholine rings is 1. The summed E-state index contributed by atoms with van der Waals surface area (Å²) in [5, 5.41) is 0. The second-order valence-corrected chi connectivity index (χ2v) is 6.56. The largest absolute Gasteiger partial charge is 0.369 e. The number of nitrogens with zero attached hydrogens (tertiary/aromatic N) is 4. The van der Waals surface area contributed by atoms with Crippen molar-refractivity contribution in [1.29, 1.82) is 0 Å². The fourth-order valence-electron chi connectivity index (χ4n) is 3.06. The predicted molar refractivity (Wildman–Crippen MR) is 101 cm³/mol. The number of aromatic nitrogens is 2. The topological polar surface area (TPSA) is 84.6 Å². The fourth-order valence-corrected chi connectivity index (χ4v) is 3.06. The molecule has 7 heteroatoms. The summed E-state index contributed by atoms with van der Waals surface area (Å²) >= 11 is 0. The number of carbonyl (C=O) groups excluding carboxylic acids is 1. The number of amides is 1. The van der Waals surface area contributed by atoms with E-state index >= 15 is 0 Å². The normalized spacial score (nSPS) is 17.9. The van der Waals surface area contributed by atoms with Gasteiger partial charge in [-0.3, -0.25) is 9.69 Å². The number of primary amides is 1. The zero-order valence-corrected chi connectivity index (χ0v) is 15.5. The van der Waals surface area contributed by atoms with Crippen LogP contribution >= 0.6 is 0 Å². The maximum atomic E-state index is 11.5. The van der Waals surface area contributed by atoms with Crippen LogP contribution in [0.5, 0.6) is 0 Å². The molecule has 1 fully saturated rings. The molecule has 2 aromatic rings. The Morgan fingerprint density at radius 2 is 2.23 bits per heavy atom. The molecule has 138 valence electrons. The van der Waals surface area contributed by atoms with Crippen LogP contribution in [0.2, 0.25) is 0 Å². The summed E-state index contributed by atoms with van der Waals surface area (Å²) in [6, 6.07) is 7.24. The number of hydrogen-bond donors (Lipinski definition) is 1. The molecule has 0 spiro atoms. The molecular formula is C19H25N5O2. The standard InChI is InChI=1S/C19H25N5O2/c1-4-24-8-9-26-16(12-24)17-15(11-21-19(22-17)23(2)3)13-6-5-7-14(10-13)18(20)25/h5-7,10-11,16H,4,8-9,12H2,1-3H3,(H2,20,25)/t16-/m0/s1. The van der Waals surface area contributed by atoms with Crippen LogP contribution in [-0.4, -0.2) is 61.1 Å². The quantitative estimate of drug-likeness (QED) is 0.879. The van der Waals surface area contributed by atoms with Crippen molar-refractivity contribution < 1.29 is 9.53 Å². The monoisotopic (exact) mass is 355 g/mol. The van der Waals surface area contributed by atoms with Crippen LogP contribution in [0.3, 0.4) is 0 Å². The Hall–Kier alpha value is -2.51. The van der Waals surface area contributed by atoms with Gasteiger partial charge in [0.15, 0.2) is 0 Å². The van der Waals surface area contributed by atoms with Gasteiger partial charge in [0.25, 0.3) is 0 Å². The molecule has 1 saturated heterocycles. The third kappa shape index (κ3) is 3.84. The molecule has 1 amide bonds. The van der Waals surface area contributed by atoms with Crippen LogP contribution in [-0.2, 0) is 4.74 Å². The smallest absolute Gasteiger partial charge is 0.248 e. The van der Waals surface area contributed by atoms with Crippen LogP contribution in [0.25, 0.3) is 11.1 Å². The Kier molecular flexibility index (Phi) is 5.49. The van der Waals surface area contributed by atoms with Crippen LogP contribution in [0, 0.1) is 0 Å². The highest BCUT2D eigenvalue weighted by Crippen LogP contribution is 2.31. The lowest BCUT2D eigenvalue weighted by atomic mass is 9.99. The molecule has 1 aromatic heterocycles. The van der Waals surface area contributed by atoms with Crippen LogP contribution in [0.4, 0.5) is 5.95 Å². The van der Waals surface area contributed by atoms with Gasteiger partial charge in [0, 0.05) is 44.5 Å². The Morgan fingerprint density at radius 1 is 1.42 bits per heavy atom. The summed E-state index contributed by atoms with van der Waals surface area (Å²) in [6.45, 7) is 5.48. The van der Waals surface area contributed by atoms with E-state index in [0.29, 0.717) is 18.1 Å². The Morgan fingerprint density at radius 3 is 2.92 bits per heavy atom. The molecule has 0 radical (unpaired) electrons. The number of anilines is 1. The molecule has 3 rings (SSSR count). The minimum atomic E-state index is -0.453. The van der Waals surface area contributed by atoms with Crippen LogP contribution in [0.1, 0.15) is 29.1 Å². The first-order valence-corrected chi connectivity index (χ1v) is 8.78. The van der Waals surface area contributed by atoms with Gasteiger partial charge in [-0.15, -0.1) is 0 Å². The zero-order valence-electron chi connectivity index (χ0n) is 15.5. The van der Waals surface area contributed by atoms with Crippen molar-refractivity contribution in [1.82, 2.24) is 14.9 Å². The summed E-state index contributed by atoms with van der Waals surface area (Å²) in [7, 11) is 3.82. The Labute approximate surface area is 153 Å². The van der Waals surface area contributed by atoms with E-state index < -0.39 is 5.91 Å². The summed E-state index contributed by atoms with van der Waals surface area (Å²) in [5.74, 6) is 0.178. The third-order valence-corrected chi connectivity index (χ3v) is 4.57. The van der Waals surface area contributed by atoms with Crippen molar-refractivity contribution in [2.24, 2.45) is 5.73 Å². The van der Waals surface area contributed by atoms with E-state index in [1.807, 2.05) is 31.1 Å². The van der Waals surface area contributed by atoms with E-state index in [2.05, 4.69) is 16.8 Å². The molecule has 1 aromatic carbocycles. The minimum absolute atomic E-state index is 0.141. The van der Waals surface area contributed by atoms with Gasteiger partial charge in [-0.1, -0.05) is 19.1 Å². The van der Waals surface area contributed by atoms with Crippen LogP contribution in [0.15, 0.2) is 30.5 Å². The zero-order chi connectivity index (χ0) is 18.7. The van der Waals surface area contributed by atoms with Gasteiger partial charge in [-0.25, -0.2) is 9.97 Å². The third-order valence-electron chi connectivity index (χ3n) is 4.57. The molecule has 1 atom stereocenters. The second kappa shape index (κ2) is 7.80. The van der Waals surface area contributed by atoms with E-state index in [0.717, 1.165) is 36.5 Å². The molecule has 0 unspecified atom stereocenters. The van der Waals surface area contributed by atoms with E-state index in [4.69, 9.17) is 15.5 Å². The number of rotatable bonds is 5. The minimum Gasteiger partial charge on any atom is -0.369 e. The Balaban J connectivity index is 2.07. The summed E-state index contributed by atoms with van der Waals surface area (Å²) < 4.78 is 6.03. The van der Waals surface area contributed by atoms with Gasteiger partial charge in [0.05, 0.1) is 12.3 Å². The lowest BCUT2D eigenvalue weighted by Crippen LogP contribution is -2.38. The van der Waals surface area contributed by atoms with Crippen LogP contribution < -0.4 is 10.6 Å². The summed E-state index contributed by atoms with van der Waals surface area (Å²) in [6.07, 6.45) is 1.66. The van der Waals surface area contributed by atoms with Crippen molar-refractivity contribution in [2.45, 2.75) is 13.0 Å². The van der Waals surface area contributed by atoms with E-state index in [1.165, 1.54) is 0 Å². The molecule has 2 N–H and O–H groups in total. The number of nitrogens with two attached hydrogens (primary N) is 1. The highest BCUT2D eigenvalue weighted by molar-refractivity contribution is 5.94. The number of likely N-dealkylation sites (N-methyl/N-ethyl adjacent to an activating group) is 1. The molecular weight excluding hydrogens is 330 g/mol. The number of benzene rings is 1. The first-order valence-electron chi connectivity index (χ1n) is 8.78. The molecule has 0 saturated carbocycles. The van der Waals surface area contributed by atoms with Crippen molar-refractivity contribution in [3.63, 3.8) is 0 Å². The highest BCUT2D eigenvalue weighted by Gasteiger charge is 2.26. The summed E-state index contributed by atoms with van der Waals surface area (Å²) in [5.41, 5.74) is 8.46. The van der Waals surface area contributed by atoms with Crippen molar-refractivity contribution in [3.05, 3.63) is 41.7 Å². The molecule has 2 heterocycles. The highest BCUT2D eigenvalue weighted by atomic mass is 16.5. The maximum Gasteiger partial charge on any atom is 0.248 e. The number of ether oxygens (including phenoxy) is 1. The van der Waals surface area contributed by atoms with Crippen molar-refractivity contribution >= 4 is 11.9 Å². The summed E-state index contributed by atoms with van der Waals surface area (Å²) in [4.78, 5) is 25.0. The predicted octanol–water partition coefficient (Wildman–Crippen LogP) is 1.70. The average Bonchev–Trinajstić information content (AvgIpc) is 2.67. The Bertz CT molecular complexity index is 793. The second-order valence-electron chi connectivity index (χ2n) is 6.56. The van der Waals surface area contributed by atoms with Crippen molar-refractivity contribution in [3.8, 4) is 11.1 Å². The lowest BCUT2D eigenvalue weighted by molar-refractivity contribution is -0.0299.